The van der Waals surface area contributed by atoms with Crippen LogP contribution in [-0.4, -0.2) is 47.1 Å². The molecule has 0 unspecified atom stereocenters. The maximum atomic E-state index is 15.2. The Morgan fingerprint density at radius 3 is 2.22 bits per heavy atom. The van der Waals surface area contributed by atoms with E-state index in [1.807, 2.05) is 20.8 Å². The number of sulfonamides is 1. The van der Waals surface area contributed by atoms with E-state index < -0.39 is 50.5 Å². The largest absolute Gasteiger partial charge is 0.444 e. The first-order valence-corrected chi connectivity index (χ1v) is 16.4. The number of alkyl carbamates (subject to hydrolysis) is 1. The average Bonchev–Trinajstić information content (AvgIpc) is 2.94. The lowest BCUT2D eigenvalue weighted by atomic mass is 9.91. The zero-order valence-corrected chi connectivity index (χ0v) is 26.6. The molecule has 4 aromatic rings. The molecule has 46 heavy (non-hydrogen) atoms. The number of anilines is 2. The van der Waals surface area contributed by atoms with Gasteiger partial charge in [-0.05, 0) is 94.8 Å². The summed E-state index contributed by atoms with van der Waals surface area (Å²) >= 11 is 0. The van der Waals surface area contributed by atoms with E-state index in [0.29, 0.717) is 28.1 Å². The molecule has 1 aliphatic rings. The molecule has 0 spiro atoms. The highest BCUT2D eigenvalue weighted by atomic mass is 32.2. The van der Waals surface area contributed by atoms with E-state index in [-0.39, 0.29) is 23.5 Å². The van der Waals surface area contributed by atoms with Crippen LogP contribution < -0.4 is 15.4 Å². The van der Waals surface area contributed by atoms with Gasteiger partial charge in [0, 0.05) is 12.1 Å². The molecule has 1 amide bonds. The van der Waals surface area contributed by atoms with Gasteiger partial charge in [0.1, 0.15) is 28.6 Å². The zero-order valence-electron chi connectivity index (χ0n) is 25.8. The van der Waals surface area contributed by atoms with Crippen molar-refractivity contribution in [2.75, 3.05) is 10.0 Å². The summed E-state index contributed by atoms with van der Waals surface area (Å²) < 4.78 is 76.3. The Morgan fingerprint density at radius 2 is 1.59 bits per heavy atom. The number of carbonyl (C=O) groups is 1. The number of nitrogens with one attached hydrogen (secondary N) is 3. The topological polar surface area (TPSA) is 135 Å². The van der Waals surface area contributed by atoms with Gasteiger partial charge in [0.15, 0.2) is 0 Å². The minimum absolute atomic E-state index is 0.000776. The van der Waals surface area contributed by atoms with Crippen molar-refractivity contribution < 1.29 is 31.1 Å². The summed E-state index contributed by atoms with van der Waals surface area (Å²) in [5.41, 5.74) is 0.467. The maximum Gasteiger partial charge on any atom is 0.407 e. The minimum atomic E-state index is -4.04. The summed E-state index contributed by atoms with van der Waals surface area (Å²) in [6.07, 6.45) is 4.15. The molecule has 2 aromatic heterocycles. The summed E-state index contributed by atoms with van der Waals surface area (Å²) in [5, 5.41) is 6.25. The molecule has 0 saturated heterocycles. The van der Waals surface area contributed by atoms with Crippen LogP contribution in [0.25, 0.3) is 22.3 Å². The summed E-state index contributed by atoms with van der Waals surface area (Å²) in [4.78, 5) is 25.4. The SMILES string of the molecule is Cc1cc(-c2c(F)cc(NS(=O)(=O)Cc3ccc(F)cc3)cc2F)nc2cnc(NC3CCC(NC(=O)OC(C)(C)C)CC3)nc12. The normalized spacial score (nSPS) is 17.0. The lowest BCUT2D eigenvalue weighted by Crippen LogP contribution is -2.42. The molecular formula is C32H35F3N6O4S. The lowest BCUT2D eigenvalue weighted by Gasteiger charge is -2.30. The highest BCUT2D eigenvalue weighted by Crippen LogP contribution is 2.31. The van der Waals surface area contributed by atoms with Crippen molar-refractivity contribution in [3.8, 4) is 11.3 Å². The Kier molecular flexibility index (Phi) is 9.38. The van der Waals surface area contributed by atoms with Gasteiger partial charge >= 0.3 is 6.09 Å². The van der Waals surface area contributed by atoms with Crippen LogP contribution in [-0.2, 0) is 20.5 Å². The molecule has 1 saturated carbocycles. The second-order valence-corrected chi connectivity index (χ2v) is 14.1. The Bertz CT molecular complexity index is 1840. The Morgan fingerprint density at radius 1 is 0.957 bits per heavy atom. The number of hydrogen-bond donors (Lipinski definition) is 3. The molecular weight excluding hydrogens is 621 g/mol. The first-order chi connectivity index (χ1) is 21.6. The van der Waals surface area contributed by atoms with E-state index in [2.05, 4.69) is 30.3 Å². The zero-order chi connectivity index (χ0) is 33.2. The molecule has 1 aliphatic carbocycles. The number of pyridine rings is 1. The standard InChI is InChI=1S/C32H35F3N6O4S/c1-18-13-26(28-24(34)14-23(15-25(28)35)41-46(43,44)17-19-5-7-20(33)8-6-19)39-27-16-36-30(40-29(18)27)37-21-9-11-22(12-10-21)38-31(42)45-32(2,3)4/h5-8,13-16,21-22,41H,9-12,17H2,1-4H3,(H,38,42)(H,36,37,40). The number of benzene rings is 2. The number of fused-ring (bicyclic) bond motifs is 1. The lowest BCUT2D eigenvalue weighted by molar-refractivity contribution is 0.0492. The molecule has 5 rings (SSSR count). The molecule has 3 N–H and O–H groups in total. The number of halogens is 3. The number of carbonyl (C=O) groups excluding carboxylic acids is 1. The van der Waals surface area contributed by atoms with E-state index in [9.17, 15) is 17.6 Å². The second-order valence-electron chi connectivity index (χ2n) is 12.4. The maximum absolute atomic E-state index is 15.2. The van der Waals surface area contributed by atoms with Crippen molar-refractivity contribution in [3.05, 3.63) is 77.2 Å². The third kappa shape index (κ3) is 8.42. The predicted octanol–water partition coefficient (Wildman–Crippen LogP) is 6.61. The van der Waals surface area contributed by atoms with Crippen LogP contribution >= 0.6 is 0 Å². The number of aromatic nitrogens is 3. The average molecular weight is 657 g/mol. The molecule has 2 aromatic carbocycles. The highest BCUT2D eigenvalue weighted by Gasteiger charge is 2.26. The molecule has 10 nitrogen and oxygen atoms in total. The number of hydrogen-bond acceptors (Lipinski definition) is 8. The van der Waals surface area contributed by atoms with Gasteiger partial charge in [-0.25, -0.2) is 41.3 Å². The van der Waals surface area contributed by atoms with Crippen LogP contribution in [0.3, 0.4) is 0 Å². The van der Waals surface area contributed by atoms with E-state index in [4.69, 9.17) is 4.74 Å². The smallest absolute Gasteiger partial charge is 0.407 e. The van der Waals surface area contributed by atoms with Crippen LogP contribution in [0, 0.1) is 24.4 Å². The van der Waals surface area contributed by atoms with Gasteiger partial charge < -0.3 is 15.4 Å². The summed E-state index contributed by atoms with van der Waals surface area (Å²) in [7, 11) is -4.04. The van der Waals surface area contributed by atoms with Gasteiger partial charge in [0.05, 0.1) is 34.4 Å². The van der Waals surface area contributed by atoms with E-state index in [1.54, 1.807) is 6.92 Å². The third-order valence-corrected chi connectivity index (χ3v) is 8.62. The van der Waals surface area contributed by atoms with Crippen molar-refractivity contribution in [1.82, 2.24) is 20.3 Å². The van der Waals surface area contributed by atoms with Crippen LogP contribution in [0.4, 0.5) is 29.6 Å². The van der Waals surface area contributed by atoms with Crippen molar-refractivity contribution >= 4 is 38.8 Å². The van der Waals surface area contributed by atoms with Gasteiger partial charge in [-0.1, -0.05) is 12.1 Å². The van der Waals surface area contributed by atoms with Gasteiger partial charge in [-0.15, -0.1) is 0 Å². The van der Waals surface area contributed by atoms with E-state index in [0.717, 1.165) is 49.9 Å². The predicted molar refractivity (Wildman–Crippen MR) is 169 cm³/mol. The number of amides is 1. The molecule has 244 valence electrons. The van der Waals surface area contributed by atoms with Gasteiger partial charge in [0.2, 0.25) is 16.0 Å². The Hall–Kier alpha value is -4.46. The Labute approximate surface area is 265 Å². The van der Waals surface area contributed by atoms with Gasteiger partial charge in [-0.3, -0.25) is 4.72 Å². The van der Waals surface area contributed by atoms with Crippen molar-refractivity contribution in [2.24, 2.45) is 0 Å². The molecule has 0 radical (unpaired) electrons. The molecule has 0 aliphatic heterocycles. The van der Waals surface area contributed by atoms with E-state index in [1.165, 1.54) is 24.4 Å². The highest BCUT2D eigenvalue weighted by molar-refractivity contribution is 7.91. The van der Waals surface area contributed by atoms with Crippen LogP contribution in [0.1, 0.15) is 57.6 Å². The number of aryl methyl sites for hydroxylation is 1. The van der Waals surface area contributed by atoms with Crippen molar-refractivity contribution in [3.63, 3.8) is 0 Å². The number of rotatable bonds is 8. The van der Waals surface area contributed by atoms with Gasteiger partial charge in [0.25, 0.3) is 0 Å². The molecule has 0 atom stereocenters. The van der Waals surface area contributed by atoms with Crippen LogP contribution in [0.5, 0.6) is 0 Å². The summed E-state index contributed by atoms with van der Waals surface area (Å²) in [5.74, 6) is -2.65. The van der Waals surface area contributed by atoms with E-state index >= 15 is 8.78 Å². The summed E-state index contributed by atoms with van der Waals surface area (Å²) in [6, 6.07) is 8.26. The fourth-order valence-corrected chi connectivity index (χ4v) is 6.49. The minimum Gasteiger partial charge on any atom is -0.444 e. The molecule has 14 heteroatoms. The molecule has 1 fully saturated rings. The summed E-state index contributed by atoms with van der Waals surface area (Å²) in [6.45, 7) is 7.20. The molecule has 2 heterocycles. The third-order valence-electron chi connectivity index (χ3n) is 7.36. The van der Waals surface area contributed by atoms with Crippen LogP contribution in [0.15, 0.2) is 48.7 Å². The quantitative estimate of drug-likeness (QED) is 0.193. The number of nitrogens with zero attached hydrogens (tertiary/aromatic N) is 3. The van der Waals surface area contributed by atoms with Gasteiger partial charge in [-0.2, -0.15) is 0 Å². The van der Waals surface area contributed by atoms with Crippen molar-refractivity contribution in [2.45, 2.75) is 76.8 Å². The van der Waals surface area contributed by atoms with Crippen molar-refractivity contribution in [1.29, 1.82) is 0 Å². The fourth-order valence-electron chi connectivity index (χ4n) is 5.31. The number of ether oxygens (including phenoxy) is 1. The first-order valence-electron chi connectivity index (χ1n) is 14.8. The Balaban J connectivity index is 1.26. The second kappa shape index (κ2) is 13.1. The molecule has 0 bridgehead atoms. The van der Waals surface area contributed by atoms with Crippen LogP contribution in [0.2, 0.25) is 0 Å². The monoisotopic (exact) mass is 656 g/mol. The fraction of sp³-hybridized carbons (Fsp3) is 0.375. The first kappa shape index (κ1) is 32.9.